The fraction of sp³-hybridized carbons (Fsp3) is 0.0270. The van der Waals surface area contributed by atoms with E-state index in [9.17, 15) is 0 Å². The van der Waals surface area contributed by atoms with Crippen molar-refractivity contribution in [3.8, 4) is 27.5 Å². The Morgan fingerprint density at radius 2 is 1.50 bits per heavy atom. The molecule has 3 aromatic heterocycles. The van der Waals surface area contributed by atoms with Crippen molar-refractivity contribution in [1.82, 2.24) is 14.5 Å². The van der Waals surface area contributed by atoms with Crippen LogP contribution < -0.4 is 4.90 Å². The lowest BCUT2D eigenvalue weighted by Gasteiger charge is -2.33. The molecule has 0 saturated carbocycles. The fourth-order valence-corrected chi connectivity index (χ4v) is 6.96. The van der Waals surface area contributed by atoms with Crippen LogP contribution in [-0.2, 0) is 0 Å². The van der Waals surface area contributed by atoms with Crippen LogP contribution in [0.4, 0.5) is 17.1 Å². The number of allylic oxidation sites excluding steroid dienone is 2. The maximum absolute atomic E-state index is 5.06. The van der Waals surface area contributed by atoms with Crippen LogP contribution in [0.2, 0.25) is 0 Å². The highest BCUT2D eigenvalue weighted by atomic mass is 32.1. The largest absolute Gasteiger partial charge is 0.306 e. The van der Waals surface area contributed by atoms with Gasteiger partial charge in [0.1, 0.15) is 15.4 Å². The summed E-state index contributed by atoms with van der Waals surface area (Å²) in [4.78, 5) is 13.2. The van der Waals surface area contributed by atoms with Crippen molar-refractivity contribution in [1.29, 1.82) is 0 Å². The summed E-state index contributed by atoms with van der Waals surface area (Å²) in [6, 6.07) is 38.4. The highest BCUT2D eigenvalue weighted by Gasteiger charge is 2.29. The van der Waals surface area contributed by atoms with Crippen molar-refractivity contribution < 1.29 is 0 Å². The zero-order valence-corrected chi connectivity index (χ0v) is 23.8. The van der Waals surface area contributed by atoms with Gasteiger partial charge in [0.25, 0.3) is 0 Å². The summed E-state index contributed by atoms with van der Waals surface area (Å²) < 4.78 is 2.39. The lowest BCUT2D eigenvalue weighted by Crippen LogP contribution is -2.18. The molecular weight excluding hydrogens is 533 g/mol. The molecule has 0 spiro atoms. The number of hydrogen-bond acceptors (Lipinski definition) is 4. The van der Waals surface area contributed by atoms with E-state index in [1.165, 1.54) is 22.2 Å². The number of rotatable bonds is 5. The van der Waals surface area contributed by atoms with Crippen molar-refractivity contribution in [2.75, 3.05) is 4.90 Å². The minimum Gasteiger partial charge on any atom is -0.306 e. The summed E-state index contributed by atoms with van der Waals surface area (Å²) in [5.41, 5.74) is 12.2. The van der Waals surface area contributed by atoms with Gasteiger partial charge in [-0.05, 0) is 61.0 Å². The van der Waals surface area contributed by atoms with E-state index >= 15 is 0 Å². The summed E-state index contributed by atoms with van der Waals surface area (Å²) in [5, 5.41) is 2.24. The lowest BCUT2D eigenvalue weighted by molar-refractivity contribution is 1.06. The number of fused-ring (bicyclic) bond motifs is 3. The first-order valence-corrected chi connectivity index (χ1v) is 14.8. The first-order valence-electron chi connectivity index (χ1n) is 14.0. The van der Waals surface area contributed by atoms with Crippen LogP contribution in [0.1, 0.15) is 11.3 Å². The Labute approximate surface area is 248 Å². The van der Waals surface area contributed by atoms with Crippen LogP contribution in [0.25, 0.3) is 54.8 Å². The van der Waals surface area contributed by atoms with Crippen LogP contribution in [0.3, 0.4) is 0 Å². The van der Waals surface area contributed by atoms with Gasteiger partial charge in [-0.25, -0.2) is 9.97 Å². The molecule has 200 valence electrons. The normalized spacial score (nSPS) is 12.4. The topological polar surface area (TPSA) is 34.0 Å². The van der Waals surface area contributed by atoms with Gasteiger partial charge in [-0.3, -0.25) is 0 Å². The summed E-state index contributed by atoms with van der Waals surface area (Å²) in [5.74, 6) is 0. The van der Waals surface area contributed by atoms with Crippen molar-refractivity contribution in [3.05, 3.63) is 139 Å². The van der Waals surface area contributed by atoms with Crippen molar-refractivity contribution in [2.45, 2.75) is 6.92 Å². The second-order valence-corrected chi connectivity index (χ2v) is 11.4. The molecule has 0 saturated heterocycles. The van der Waals surface area contributed by atoms with Crippen molar-refractivity contribution in [2.24, 2.45) is 0 Å². The number of pyridine rings is 1. The number of thiazole rings is 1. The van der Waals surface area contributed by atoms with E-state index in [4.69, 9.17) is 9.97 Å². The minimum atomic E-state index is 0.924. The molecular formula is C37H26N4S. The van der Waals surface area contributed by atoms with Gasteiger partial charge in [-0.15, -0.1) is 0 Å². The van der Waals surface area contributed by atoms with E-state index in [0.29, 0.717) is 0 Å². The van der Waals surface area contributed by atoms with Gasteiger partial charge in [0, 0.05) is 27.9 Å². The molecule has 0 fully saturated rings. The molecule has 1 aliphatic heterocycles. The third kappa shape index (κ3) is 3.75. The number of aryl methyl sites for hydroxylation is 1. The highest BCUT2D eigenvalue weighted by Crippen LogP contribution is 2.49. The van der Waals surface area contributed by atoms with Crippen LogP contribution in [0.5, 0.6) is 0 Å². The molecule has 0 unspecified atom stereocenters. The maximum Gasteiger partial charge on any atom is 0.144 e. The van der Waals surface area contributed by atoms with E-state index in [2.05, 4.69) is 120 Å². The Morgan fingerprint density at radius 1 is 0.738 bits per heavy atom. The van der Waals surface area contributed by atoms with Gasteiger partial charge < -0.3 is 9.47 Å². The minimum absolute atomic E-state index is 0.924. The number of para-hydroxylation sites is 3. The molecule has 42 heavy (non-hydrogen) atoms. The smallest absolute Gasteiger partial charge is 0.144 e. The van der Waals surface area contributed by atoms with Gasteiger partial charge >= 0.3 is 0 Å². The second kappa shape index (κ2) is 9.68. The molecule has 0 aliphatic carbocycles. The standard InChI is InChI=1S/C37H26N4S/c1-3-4-17-31-24(2)28-16-11-20-34-35(28)41(31)33-19-9-8-18-32(33)40(34)27-15-10-14-26(23-27)29-21-22-30-37(38-29)42-36(39-30)25-12-6-5-7-13-25/h3-23H,1H2,2H3/b17-4-. The molecule has 0 N–H and O–H groups in total. The molecule has 4 heterocycles. The number of nitrogens with zero attached hydrogens (tertiary/aromatic N) is 4. The third-order valence-corrected chi connectivity index (χ3v) is 8.95. The van der Waals surface area contributed by atoms with Gasteiger partial charge in [0.05, 0.1) is 28.3 Å². The molecule has 0 bridgehead atoms. The monoisotopic (exact) mass is 558 g/mol. The van der Waals surface area contributed by atoms with E-state index in [-0.39, 0.29) is 0 Å². The third-order valence-electron chi connectivity index (χ3n) is 7.94. The number of anilines is 3. The van der Waals surface area contributed by atoms with Crippen molar-refractivity contribution in [3.63, 3.8) is 0 Å². The fourth-order valence-electron chi connectivity index (χ4n) is 6.02. The number of hydrogen-bond donors (Lipinski definition) is 0. The number of aromatic nitrogens is 3. The van der Waals surface area contributed by atoms with Crippen LogP contribution in [0.15, 0.2) is 128 Å². The lowest BCUT2D eigenvalue weighted by atomic mass is 10.1. The van der Waals surface area contributed by atoms with Gasteiger partial charge in [0.15, 0.2) is 0 Å². The average Bonchev–Trinajstić information content (AvgIpc) is 3.60. The Morgan fingerprint density at radius 3 is 2.36 bits per heavy atom. The molecule has 0 atom stereocenters. The molecule has 0 radical (unpaired) electrons. The summed E-state index contributed by atoms with van der Waals surface area (Å²) in [6.07, 6.45) is 6.00. The van der Waals surface area contributed by atoms with Crippen LogP contribution >= 0.6 is 11.3 Å². The van der Waals surface area contributed by atoms with E-state index in [1.54, 1.807) is 11.3 Å². The van der Waals surface area contributed by atoms with Gasteiger partial charge in [-0.1, -0.05) is 96.8 Å². The molecule has 4 aromatic carbocycles. The Bertz CT molecular complexity index is 2190. The molecule has 4 nitrogen and oxygen atoms in total. The zero-order chi connectivity index (χ0) is 28.2. The quantitative estimate of drug-likeness (QED) is 0.197. The Kier molecular flexibility index (Phi) is 5.66. The summed E-state index contributed by atoms with van der Waals surface area (Å²) >= 11 is 1.63. The molecule has 1 aliphatic rings. The molecule has 7 aromatic rings. The summed E-state index contributed by atoms with van der Waals surface area (Å²) in [7, 11) is 0. The molecule has 5 heteroatoms. The van der Waals surface area contributed by atoms with E-state index in [0.717, 1.165) is 54.9 Å². The predicted octanol–water partition coefficient (Wildman–Crippen LogP) is 10.3. The van der Waals surface area contributed by atoms with Gasteiger partial charge in [0.2, 0.25) is 0 Å². The van der Waals surface area contributed by atoms with E-state index in [1.807, 2.05) is 30.4 Å². The SMILES string of the molecule is C=C/C=C\c1c(C)c2cccc3c2n1-c1ccccc1N3c1cccc(-c2ccc3nc(-c4ccccc4)sc3n2)c1. The maximum atomic E-state index is 5.06. The Balaban J connectivity index is 1.28. The van der Waals surface area contributed by atoms with Crippen molar-refractivity contribution >= 4 is 55.7 Å². The molecule has 0 amide bonds. The zero-order valence-electron chi connectivity index (χ0n) is 23.0. The summed E-state index contributed by atoms with van der Waals surface area (Å²) in [6.45, 7) is 6.10. The predicted molar refractivity (Wildman–Crippen MR) is 177 cm³/mol. The van der Waals surface area contributed by atoms with Crippen LogP contribution in [0, 0.1) is 6.92 Å². The van der Waals surface area contributed by atoms with Crippen LogP contribution in [-0.4, -0.2) is 14.5 Å². The first kappa shape index (κ1) is 24.5. The van der Waals surface area contributed by atoms with Gasteiger partial charge in [-0.2, -0.15) is 0 Å². The van der Waals surface area contributed by atoms with E-state index < -0.39 is 0 Å². The first-order chi connectivity index (χ1) is 20.7. The Hall–Kier alpha value is -5.26. The highest BCUT2D eigenvalue weighted by molar-refractivity contribution is 7.21. The number of benzene rings is 4. The average molecular weight is 559 g/mol. The second-order valence-electron chi connectivity index (χ2n) is 10.4. The molecule has 8 rings (SSSR count).